The van der Waals surface area contributed by atoms with Crippen LogP contribution in [0, 0.1) is 6.92 Å². The highest BCUT2D eigenvalue weighted by atomic mass is 35.5. The standard InChI is InChI=1S/C13H12ClNO2/c1-9-2-4-10(5-3-9)7-15-8-11(14)6-12(15)13(16)17/h2-6,8H,7H2,1H3,(H,16,17). The third kappa shape index (κ3) is 2.68. The van der Waals surface area contributed by atoms with E-state index in [4.69, 9.17) is 16.7 Å². The number of nitrogens with zero attached hydrogens (tertiary/aromatic N) is 1. The molecule has 0 aliphatic rings. The molecule has 3 nitrogen and oxygen atoms in total. The van der Waals surface area contributed by atoms with Gasteiger partial charge in [-0.3, -0.25) is 0 Å². The molecule has 1 N–H and O–H groups in total. The Morgan fingerprint density at radius 3 is 2.59 bits per heavy atom. The van der Waals surface area contributed by atoms with Crippen LogP contribution in [0.4, 0.5) is 0 Å². The van der Waals surface area contributed by atoms with E-state index in [9.17, 15) is 4.79 Å². The molecule has 0 aliphatic carbocycles. The second-order valence-electron chi connectivity index (χ2n) is 3.96. The maximum Gasteiger partial charge on any atom is 0.352 e. The molecule has 0 bridgehead atoms. The normalized spacial score (nSPS) is 10.5. The molecule has 0 spiro atoms. The lowest BCUT2D eigenvalue weighted by Crippen LogP contribution is -2.08. The Kier molecular flexibility index (Phi) is 3.20. The second kappa shape index (κ2) is 4.63. The SMILES string of the molecule is Cc1ccc(Cn2cc(Cl)cc2C(=O)O)cc1. The number of carboxylic acid groups (broad SMARTS) is 1. The lowest BCUT2D eigenvalue weighted by molar-refractivity contribution is 0.0685. The van der Waals surface area contributed by atoms with Crippen LogP contribution in [-0.2, 0) is 6.54 Å². The molecule has 0 atom stereocenters. The average Bonchev–Trinajstić information content (AvgIpc) is 2.63. The first-order valence-corrected chi connectivity index (χ1v) is 5.58. The van der Waals surface area contributed by atoms with Crippen LogP contribution in [0.15, 0.2) is 36.5 Å². The molecule has 0 aliphatic heterocycles. The van der Waals surface area contributed by atoms with Crippen LogP contribution in [0.1, 0.15) is 21.6 Å². The van der Waals surface area contributed by atoms with Crippen molar-refractivity contribution in [2.24, 2.45) is 0 Å². The fourth-order valence-electron chi connectivity index (χ4n) is 1.67. The smallest absolute Gasteiger partial charge is 0.352 e. The fraction of sp³-hybridized carbons (Fsp3) is 0.154. The minimum Gasteiger partial charge on any atom is -0.477 e. The molecule has 0 saturated carbocycles. The molecular weight excluding hydrogens is 238 g/mol. The van der Waals surface area contributed by atoms with Crippen molar-refractivity contribution in [1.82, 2.24) is 4.57 Å². The Bertz CT molecular complexity index is 543. The molecule has 1 aromatic carbocycles. The zero-order valence-corrected chi connectivity index (χ0v) is 10.1. The Labute approximate surface area is 104 Å². The number of aryl methyl sites for hydroxylation is 1. The second-order valence-corrected chi connectivity index (χ2v) is 4.40. The maximum absolute atomic E-state index is 11.0. The van der Waals surface area contributed by atoms with Crippen molar-refractivity contribution in [1.29, 1.82) is 0 Å². The Morgan fingerprint density at radius 2 is 2.00 bits per heavy atom. The molecule has 0 saturated heterocycles. The first-order valence-electron chi connectivity index (χ1n) is 5.21. The first kappa shape index (κ1) is 11.7. The van der Waals surface area contributed by atoms with Gasteiger partial charge in [0, 0.05) is 12.7 Å². The van der Waals surface area contributed by atoms with E-state index in [1.165, 1.54) is 11.6 Å². The van der Waals surface area contributed by atoms with Crippen LogP contribution < -0.4 is 0 Å². The third-order valence-corrected chi connectivity index (χ3v) is 2.76. The third-order valence-electron chi connectivity index (χ3n) is 2.56. The summed E-state index contributed by atoms with van der Waals surface area (Å²) >= 11 is 5.82. The molecule has 1 aromatic heterocycles. The maximum atomic E-state index is 11.0. The number of carboxylic acids is 1. The first-order chi connectivity index (χ1) is 8.06. The topological polar surface area (TPSA) is 42.2 Å². The van der Waals surface area contributed by atoms with Crippen LogP contribution in [0.3, 0.4) is 0 Å². The average molecular weight is 250 g/mol. The zero-order chi connectivity index (χ0) is 12.4. The van der Waals surface area contributed by atoms with E-state index < -0.39 is 5.97 Å². The van der Waals surface area contributed by atoms with E-state index in [1.54, 1.807) is 10.8 Å². The number of hydrogen-bond donors (Lipinski definition) is 1. The van der Waals surface area contributed by atoms with Crippen molar-refractivity contribution >= 4 is 17.6 Å². The number of benzene rings is 1. The largest absolute Gasteiger partial charge is 0.477 e. The number of halogens is 1. The van der Waals surface area contributed by atoms with Crippen LogP contribution in [0.2, 0.25) is 5.02 Å². The van der Waals surface area contributed by atoms with E-state index in [0.717, 1.165) is 5.56 Å². The van der Waals surface area contributed by atoms with Gasteiger partial charge in [-0.25, -0.2) is 4.79 Å². The minimum absolute atomic E-state index is 0.204. The summed E-state index contributed by atoms with van der Waals surface area (Å²) in [5.41, 5.74) is 2.43. The molecule has 88 valence electrons. The van der Waals surface area contributed by atoms with Crippen molar-refractivity contribution in [3.8, 4) is 0 Å². The number of hydrogen-bond acceptors (Lipinski definition) is 1. The zero-order valence-electron chi connectivity index (χ0n) is 9.35. The Hall–Kier alpha value is -1.74. The van der Waals surface area contributed by atoms with Gasteiger partial charge >= 0.3 is 5.97 Å². The van der Waals surface area contributed by atoms with E-state index in [1.807, 2.05) is 31.2 Å². The predicted octanol–water partition coefficient (Wildman–Crippen LogP) is 3.20. The molecule has 0 unspecified atom stereocenters. The number of rotatable bonds is 3. The summed E-state index contributed by atoms with van der Waals surface area (Å²) in [6.07, 6.45) is 1.63. The van der Waals surface area contributed by atoms with Gasteiger partial charge in [-0.1, -0.05) is 41.4 Å². The Morgan fingerprint density at radius 1 is 1.35 bits per heavy atom. The highest BCUT2D eigenvalue weighted by molar-refractivity contribution is 6.30. The quantitative estimate of drug-likeness (QED) is 0.908. The van der Waals surface area contributed by atoms with Gasteiger partial charge in [-0.15, -0.1) is 0 Å². The van der Waals surface area contributed by atoms with Crippen LogP contribution in [-0.4, -0.2) is 15.6 Å². The van der Waals surface area contributed by atoms with E-state index >= 15 is 0 Å². The van der Waals surface area contributed by atoms with Crippen LogP contribution in [0.5, 0.6) is 0 Å². The van der Waals surface area contributed by atoms with Gasteiger partial charge in [0.15, 0.2) is 0 Å². The summed E-state index contributed by atoms with van der Waals surface area (Å²) in [5.74, 6) is -0.969. The van der Waals surface area contributed by atoms with Crippen molar-refractivity contribution in [3.63, 3.8) is 0 Å². The monoisotopic (exact) mass is 249 g/mol. The number of carbonyl (C=O) groups is 1. The lowest BCUT2D eigenvalue weighted by atomic mass is 10.1. The molecular formula is C13H12ClNO2. The van der Waals surface area contributed by atoms with Crippen molar-refractivity contribution in [3.05, 3.63) is 58.4 Å². The number of aromatic nitrogens is 1. The molecule has 1 heterocycles. The fourth-order valence-corrected chi connectivity index (χ4v) is 1.90. The van der Waals surface area contributed by atoms with E-state index in [-0.39, 0.29) is 5.69 Å². The van der Waals surface area contributed by atoms with Gasteiger partial charge in [-0.2, -0.15) is 0 Å². The minimum atomic E-state index is -0.969. The summed E-state index contributed by atoms with van der Waals surface area (Å²) in [6.45, 7) is 2.52. The van der Waals surface area contributed by atoms with Gasteiger partial charge in [0.25, 0.3) is 0 Å². The Balaban J connectivity index is 2.29. The summed E-state index contributed by atoms with van der Waals surface area (Å²) in [7, 11) is 0. The highest BCUT2D eigenvalue weighted by Crippen LogP contribution is 2.16. The summed E-state index contributed by atoms with van der Waals surface area (Å²) in [6, 6.07) is 9.42. The van der Waals surface area contributed by atoms with Crippen molar-refractivity contribution < 1.29 is 9.90 Å². The highest BCUT2D eigenvalue weighted by Gasteiger charge is 2.11. The summed E-state index contributed by atoms with van der Waals surface area (Å²) in [4.78, 5) is 11.0. The molecule has 2 aromatic rings. The van der Waals surface area contributed by atoms with Gasteiger partial charge < -0.3 is 9.67 Å². The van der Waals surface area contributed by atoms with Gasteiger partial charge in [0.05, 0.1) is 5.02 Å². The molecule has 0 amide bonds. The van der Waals surface area contributed by atoms with E-state index in [2.05, 4.69) is 0 Å². The van der Waals surface area contributed by atoms with Crippen molar-refractivity contribution in [2.75, 3.05) is 0 Å². The summed E-state index contributed by atoms with van der Waals surface area (Å²) < 4.78 is 1.63. The van der Waals surface area contributed by atoms with E-state index in [0.29, 0.717) is 11.6 Å². The van der Waals surface area contributed by atoms with Crippen LogP contribution >= 0.6 is 11.6 Å². The molecule has 0 radical (unpaired) electrons. The summed E-state index contributed by atoms with van der Waals surface area (Å²) in [5, 5.41) is 9.46. The number of aromatic carboxylic acids is 1. The van der Waals surface area contributed by atoms with Gasteiger partial charge in [0.1, 0.15) is 5.69 Å². The van der Waals surface area contributed by atoms with Gasteiger partial charge in [-0.05, 0) is 18.6 Å². The van der Waals surface area contributed by atoms with Gasteiger partial charge in [0.2, 0.25) is 0 Å². The molecule has 0 fully saturated rings. The van der Waals surface area contributed by atoms with Crippen LogP contribution in [0.25, 0.3) is 0 Å². The molecule has 2 rings (SSSR count). The van der Waals surface area contributed by atoms with Crippen molar-refractivity contribution in [2.45, 2.75) is 13.5 Å². The lowest BCUT2D eigenvalue weighted by Gasteiger charge is -2.06. The predicted molar refractivity (Wildman–Crippen MR) is 66.7 cm³/mol. The molecule has 17 heavy (non-hydrogen) atoms. The molecule has 4 heteroatoms.